The van der Waals surface area contributed by atoms with Crippen molar-refractivity contribution in [3.8, 4) is 0 Å². The number of hydrogen-bond acceptors (Lipinski definition) is 5. The molecule has 0 radical (unpaired) electrons. The van der Waals surface area contributed by atoms with Crippen LogP contribution in [-0.4, -0.2) is 42.1 Å². The first-order chi connectivity index (χ1) is 20.4. The number of carboxylic acids is 1. The summed E-state index contributed by atoms with van der Waals surface area (Å²) < 4.78 is 19.0. The molecule has 5 fully saturated rings. The van der Waals surface area contributed by atoms with Gasteiger partial charge in [-0.05, 0) is 111 Å². The van der Waals surface area contributed by atoms with Crippen LogP contribution in [0.25, 0.3) is 0 Å². The van der Waals surface area contributed by atoms with Crippen molar-refractivity contribution in [3.63, 3.8) is 0 Å². The van der Waals surface area contributed by atoms with Crippen LogP contribution < -0.4 is 0 Å². The average Bonchev–Trinajstić information content (AvgIpc) is 3.58. The Bertz CT molecular complexity index is 1170. The Labute approximate surface area is 258 Å². The van der Waals surface area contributed by atoms with Crippen LogP contribution in [0.2, 0.25) is 0 Å². The van der Waals surface area contributed by atoms with Gasteiger partial charge in [-0.1, -0.05) is 51.8 Å². The molecule has 43 heavy (non-hydrogen) atoms. The van der Waals surface area contributed by atoms with Crippen LogP contribution in [-0.2, 0) is 19.0 Å². The maximum Gasteiger partial charge on any atom is 0.338 e. The van der Waals surface area contributed by atoms with Crippen molar-refractivity contribution >= 4 is 11.9 Å². The Hall–Kier alpha value is -1.92. The fourth-order valence-corrected chi connectivity index (χ4v) is 11.0. The van der Waals surface area contributed by atoms with Gasteiger partial charge in [-0.15, -0.1) is 0 Å². The number of hydrogen-bond donors (Lipinski definition) is 1. The van der Waals surface area contributed by atoms with E-state index in [2.05, 4.69) is 20.8 Å². The lowest BCUT2D eigenvalue weighted by Crippen LogP contribution is -2.60. The summed E-state index contributed by atoms with van der Waals surface area (Å²) in [5.41, 5.74) is 0.387. The fourth-order valence-electron chi connectivity index (χ4n) is 11.0. The van der Waals surface area contributed by atoms with Gasteiger partial charge in [0.1, 0.15) is 6.10 Å². The van der Waals surface area contributed by atoms with Gasteiger partial charge in [0.2, 0.25) is 0 Å². The Morgan fingerprint density at radius 1 is 1.00 bits per heavy atom. The zero-order chi connectivity index (χ0) is 30.6. The van der Waals surface area contributed by atoms with Crippen molar-refractivity contribution < 1.29 is 28.9 Å². The number of carbonyl (C=O) groups is 2. The number of fused-ring (bicyclic) bond motifs is 5. The molecule has 3 unspecified atom stereocenters. The molecule has 4 saturated carbocycles. The summed E-state index contributed by atoms with van der Waals surface area (Å²) in [6.45, 7) is 12.5. The van der Waals surface area contributed by atoms with Gasteiger partial charge in [-0.3, -0.25) is 4.79 Å². The minimum absolute atomic E-state index is 0.0950. The molecule has 1 saturated heterocycles. The number of ether oxygens (including phenoxy) is 3. The summed E-state index contributed by atoms with van der Waals surface area (Å²) in [4.78, 5) is 25.2. The normalized spacial score (nSPS) is 39.0. The minimum Gasteiger partial charge on any atom is -0.481 e. The Kier molecular flexibility index (Phi) is 8.28. The first kappa shape index (κ1) is 31.1. The third-order valence-electron chi connectivity index (χ3n) is 13.5. The summed E-state index contributed by atoms with van der Waals surface area (Å²) in [6, 6.07) is 9.50. The van der Waals surface area contributed by atoms with Gasteiger partial charge in [0.25, 0.3) is 0 Å². The second kappa shape index (κ2) is 11.5. The van der Waals surface area contributed by atoms with E-state index >= 15 is 0 Å². The van der Waals surface area contributed by atoms with Gasteiger partial charge < -0.3 is 19.3 Å². The highest BCUT2D eigenvalue weighted by molar-refractivity contribution is 5.89. The van der Waals surface area contributed by atoms with E-state index in [9.17, 15) is 14.7 Å². The minimum atomic E-state index is -0.703. The van der Waals surface area contributed by atoms with E-state index in [0.717, 1.165) is 44.9 Å². The van der Waals surface area contributed by atoms with Crippen LogP contribution in [0.15, 0.2) is 30.3 Å². The third-order valence-corrected chi connectivity index (χ3v) is 13.5. The van der Waals surface area contributed by atoms with Crippen molar-refractivity contribution in [2.45, 2.75) is 117 Å². The molecule has 1 N–H and O–H groups in total. The van der Waals surface area contributed by atoms with E-state index < -0.39 is 17.2 Å². The molecule has 6 nitrogen and oxygen atoms in total. The fraction of sp³-hybridized carbons (Fsp3) is 0.784. The number of rotatable bonds is 8. The second-order valence-electron chi connectivity index (χ2n) is 16.1. The highest BCUT2D eigenvalue weighted by Crippen LogP contribution is 2.69. The summed E-state index contributed by atoms with van der Waals surface area (Å²) in [5, 5.41) is 9.60. The third kappa shape index (κ3) is 5.47. The predicted octanol–water partition coefficient (Wildman–Crippen LogP) is 8.14. The smallest absolute Gasteiger partial charge is 0.338 e. The number of esters is 1. The summed E-state index contributed by atoms with van der Waals surface area (Å²) in [7, 11) is 0. The molecular formula is C37H54O6. The number of aliphatic carboxylic acids is 1. The molecule has 238 valence electrons. The van der Waals surface area contributed by atoms with Crippen LogP contribution in [0, 0.1) is 51.8 Å². The maximum atomic E-state index is 13.6. The molecule has 0 aromatic heterocycles. The monoisotopic (exact) mass is 594 g/mol. The molecule has 1 heterocycles. The van der Waals surface area contributed by atoms with Gasteiger partial charge in [0.15, 0.2) is 5.79 Å². The van der Waals surface area contributed by atoms with Crippen molar-refractivity contribution in [2.75, 3.05) is 13.2 Å². The van der Waals surface area contributed by atoms with E-state index in [4.69, 9.17) is 14.2 Å². The molecule has 0 bridgehead atoms. The molecule has 1 aromatic carbocycles. The van der Waals surface area contributed by atoms with Crippen molar-refractivity contribution in [3.05, 3.63) is 35.9 Å². The van der Waals surface area contributed by atoms with E-state index in [1.54, 1.807) is 0 Å². The summed E-state index contributed by atoms with van der Waals surface area (Å²) in [6.07, 6.45) is 11.4. The molecule has 1 aromatic rings. The number of benzene rings is 1. The predicted molar refractivity (Wildman–Crippen MR) is 165 cm³/mol. The SMILES string of the molecule is C[C@H](CCCC(C)(C)C(=O)O)[C@H]1CCC2C3C(CC[C@@]21C)[C@@]1(C)CCC2(C[C@@H]1C[C@H]3OC(=O)c1ccccc1)OCCO2. The Morgan fingerprint density at radius 3 is 2.40 bits per heavy atom. The summed E-state index contributed by atoms with van der Waals surface area (Å²) in [5.74, 6) is 1.68. The van der Waals surface area contributed by atoms with Gasteiger partial charge in [0.05, 0.1) is 24.2 Å². The van der Waals surface area contributed by atoms with Gasteiger partial charge in [0, 0.05) is 18.8 Å². The molecule has 6 rings (SSSR count). The number of carbonyl (C=O) groups excluding carboxylic acids is 1. The molecule has 4 aliphatic carbocycles. The molecular weight excluding hydrogens is 540 g/mol. The highest BCUT2D eigenvalue weighted by atomic mass is 16.7. The number of carboxylic acid groups (broad SMARTS) is 1. The van der Waals surface area contributed by atoms with Crippen molar-refractivity contribution in [2.24, 2.45) is 51.8 Å². The zero-order valence-corrected chi connectivity index (χ0v) is 27.1. The Balaban J connectivity index is 1.25. The molecule has 1 aliphatic heterocycles. The first-order valence-corrected chi connectivity index (χ1v) is 17.2. The van der Waals surface area contributed by atoms with Crippen LogP contribution in [0.3, 0.4) is 0 Å². The first-order valence-electron chi connectivity index (χ1n) is 17.2. The van der Waals surface area contributed by atoms with Crippen molar-refractivity contribution in [1.29, 1.82) is 0 Å². The lowest BCUT2D eigenvalue weighted by atomic mass is 9.43. The van der Waals surface area contributed by atoms with E-state index in [-0.39, 0.29) is 22.9 Å². The van der Waals surface area contributed by atoms with E-state index in [0.29, 0.717) is 54.3 Å². The van der Waals surface area contributed by atoms with E-state index in [1.807, 2.05) is 44.2 Å². The summed E-state index contributed by atoms with van der Waals surface area (Å²) >= 11 is 0. The van der Waals surface area contributed by atoms with Gasteiger partial charge in [-0.25, -0.2) is 4.79 Å². The lowest BCUT2D eigenvalue weighted by molar-refractivity contribution is -0.242. The topological polar surface area (TPSA) is 82.1 Å². The highest BCUT2D eigenvalue weighted by Gasteiger charge is 2.65. The standard InChI is InChI=1S/C37H54O6/c1-24(10-9-16-34(2,3)33(39)40)27-13-14-28-31-29(15-17-36(27,28)5)35(4)18-19-37(41-20-21-42-37)23-26(35)22-30(31)43-32(38)25-11-7-6-8-12-25/h6-8,11-12,24,26-31H,9-10,13-23H2,1-5H3,(H,39,40)/t24-,26+,27-,28?,29?,30-,31?,35+,36-/m1/s1. The molecule has 5 aliphatic rings. The van der Waals surface area contributed by atoms with Crippen LogP contribution >= 0.6 is 0 Å². The molecule has 1 spiro atoms. The zero-order valence-electron chi connectivity index (χ0n) is 27.1. The molecule has 6 heteroatoms. The quantitative estimate of drug-likeness (QED) is 0.306. The Morgan fingerprint density at radius 2 is 1.70 bits per heavy atom. The second-order valence-corrected chi connectivity index (χ2v) is 16.1. The lowest BCUT2D eigenvalue weighted by Gasteiger charge is -2.63. The molecule has 0 amide bonds. The van der Waals surface area contributed by atoms with Crippen LogP contribution in [0.4, 0.5) is 0 Å². The largest absolute Gasteiger partial charge is 0.481 e. The van der Waals surface area contributed by atoms with Gasteiger partial charge in [-0.2, -0.15) is 0 Å². The van der Waals surface area contributed by atoms with E-state index in [1.165, 1.54) is 25.7 Å². The molecule has 9 atom stereocenters. The van der Waals surface area contributed by atoms with Crippen LogP contribution in [0.5, 0.6) is 0 Å². The van der Waals surface area contributed by atoms with Crippen molar-refractivity contribution in [1.82, 2.24) is 0 Å². The van der Waals surface area contributed by atoms with Gasteiger partial charge >= 0.3 is 11.9 Å². The van der Waals surface area contributed by atoms with Crippen LogP contribution in [0.1, 0.15) is 116 Å². The average molecular weight is 595 g/mol. The maximum absolute atomic E-state index is 13.6.